The highest BCUT2D eigenvalue weighted by molar-refractivity contribution is 7.89. The number of ether oxygens (including phenoxy) is 1. The molecule has 1 aliphatic rings. The van der Waals surface area contributed by atoms with Crippen molar-refractivity contribution in [2.45, 2.75) is 24.7 Å². The number of hydrogen-bond donors (Lipinski definition) is 1. The first kappa shape index (κ1) is 17.9. The number of nitrogens with one attached hydrogen (secondary N) is 1. The first-order valence-corrected chi connectivity index (χ1v) is 9.24. The standard InChI is InChI=1S/C16H24N2O4S/c1-13-5-7-15(8-6-13)23(20,21)17-10-14-4-3-9-18(11-14)16(19)12-22-2/h5-8,14,17H,3-4,9-12H2,1-2H3. The second kappa shape index (κ2) is 7.90. The number of nitrogens with zero attached hydrogens (tertiary/aromatic N) is 1. The molecule has 7 heteroatoms. The molecular weight excluding hydrogens is 316 g/mol. The number of likely N-dealkylation sites (tertiary alicyclic amines) is 1. The summed E-state index contributed by atoms with van der Waals surface area (Å²) in [5.74, 6) is 0.0865. The number of carbonyl (C=O) groups excluding carboxylic acids is 1. The van der Waals surface area contributed by atoms with Crippen LogP contribution in [0.4, 0.5) is 0 Å². The van der Waals surface area contributed by atoms with E-state index in [1.165, 1.54) is 7.11 Å². The van der Waals surface area contributed by atoms with Crippen LogP contribution in [-0.4, -0.2) is 52.6 Å². The third kappa shape index (κ3) is 5.02. The molecule has 0 bridgehead atoms. The van der Waals surface area contributed by atoms with Crippen LogP contribution in [-0.2, 0) is 19.6 Å². The van der Waals surface area contributed by atoms with Gasteiger partial charge >= 0.3 is 0 Å². The summed E-state index contributed by atoms with van der Waals surface area (Å²) in [7, 11) is -2.01. The molecule has 6 nitrogen and oxygen atoms in total. The Morgan fingerprint density at radius 1 is 1.35 bits per heavy atom. The normalized spacial score (nSPS) is 18.9. The smallest absolute Gasteiger partial charge is 0.248 e. The maximum Gasteiger partial charge on any atom is 0.248 e. The van der Waals surface area contributed by atoms with Crippen LogP contribution in [0.5, 0.6) is 0 Å². The number of amides is 1. The van der Waals surface area contributed by atoms with Gasteiger partial charge in [0, 0.05) is 26.7 Å². The molecule has 1 heterocycles. The molecule has 1 aliphatic heterocycles. The average Bonchev–Trinajstić information content (AvgIpc) is 2.54. The molecule has 1 aromatic carbocycles. The third-order valence-corrected chi connectivity index (χ3v) is 5.47. The van der Waals surface area contributed by atoms with Gasteiger partial charge in [-0.3, -0.25) is 4.79 Å². The molecule has 0 aliphatic carbocycles. The zero-order valence-electron chi connectivity index (χ0n) is 13.6. The Kier molecular flexibility index (Phi) is 6.15. The van der Waals surface area contributed by atoms with E-state index in [-0.39, 0.29) is 23.3 Å². The van der Waals surface area contributed by atoms with Crippen molar-refractivity contribution >= 4 is 15.9 Å². The number of aryl methyl sites for hydroxylation is 1. The van der Waals surface area contributed by atoms with E-state index in [2.05, 4.69) is 4.72 Å². The van der Waals surface area contributed by atoms with Crippen molar-refractivity contribution < 1.29 is 17.9 Å². The molecule has 23 heavy (non-hydrogen) atoms. The van der Waals surface area contributed by atoms with Crippen LogP contribution in [0.25, 0.3) is 0 Å². The number of benzene rings is 1. The number of methoxy groups -OCH3 is 1. The van der Waals surface area contributed by atoms with Crippen LogP contribution in [0.1, 0.15) is 18.4 Å². The molecule has 1 atom stereocenters. The largest absolute Gasteiger partial charge is 0.375 e. The fourth-order valence-corrected chi connectivity index (χ4v) is 3.82. The van der Waals surface area contributed by atoms with E-state index < -0.39 is 10.0 Å². The maximum atomic E-state index is 12.3. The average molecular weight is 340 g/mol. The molecule has 1 amide bonds. The van der Waals surface area contributed by atoms with Crippen LogP contribution in [0.3, 0.4) is 0 Å². The Morgan fingerprint density at radius 3 is 2.70 bits per heavy atom. The Labute approximate surface area is 137 Å². The van der Waals surface area contributed by atoms with Gasteiger partial charge in [0.05, 0.1) is 4.90 Å². The molecule has 0 saturated carbocycles. The molecule has 1 aromatic rings. The number of hydrogen-bond acceptors (Lipinski definition) is 4. The van der Waals surface area contributed by atoms with Gasteiger partial charge in [-0.1, -0.05) is 17.7 Å². The summed E-state index contributed by atoms with van der Waals surface area (Å²) in [6, 6.07) is 6.76. The van der Waals surface area contributed by atoms with Gasteiger partial charge in [0.1, 0.15) is 6.61 Å². The minimum absolute atomic E-state index is 0.0430. The van der Waals surface area contributed by atoms with Crippen molar-refractivity contribution in [2.24, 2.45) is 5.92 Å². The summed E-state index contributed by atoms with van der Waals surface area (Å²) in [4.78, 5) is 13.9. The van der Waals surface area contributed by atoms with E-state index in [9.17, 15) is 13.2 Å². The zero-order valence-corrected chi connectivity index (χ0v) is 14.4. The van der Waals surface area contributed by atoms with Crippen molar-refractivity contribution in [3.05, 3.63) is 29.8 Å². The maximum absolute atomic E-state index is 12.3. The van der Waals surface area contributed by atoms with Gasteiger partial charge in [0.25, 0.3) is 0 Å². The van der Waals surface area contributed by atoms with E-state index in [1.807, 2.05) is 6.92 Å². The lowest BCUT2D eigenvalue weighted by Gasteiger charge is -2.32. The molecule has 2 rings (SSSR count). The van der Waals surface area contributed by atoms with E-state index in [0.717, 1.165) is 18.4 Å². The van der Waals surface area contributed by atoms with Crippen LogP contribution in [0.15, 0.2) is 29.2 Å². The van der Waals surface area contributed by atoms with Gasteiger partial charge in [-0.2, -0.15) is 0 Å². The molecule has 0 aromatic heterocycles. The van der Waals surface area contributed by atoms with Crippen molar-refractivity contribution in [3.63, 3.8) is 0 Å². The zero-order chi connectivity index (χ0) is 16.9. The Balaban J connectivity index is 1.92. The summed E-state index contributed by atoms with van der Waals surface area (Å²) in [6.07, 6.45) is 1.79. The summed E-state index contributed by atoms with van der Waals surface area (Å²) in [6.45, 7) is 3.61. The van der Waals surface area contributed by atoms with E-state index in [4.69, 9.17) is 4.74 Å². The number of sulfonamides is 1. The van der Waals surface area contributed by atoms with Crippen LogP contribution in [0, 0.1) is 12.8 Å². The highest BCUT2D eigenvalue weighted by atomic mass is 32.2. The fourth-order valence-electron chi connectivity index (χ4n) is 2.70. The molecule has 128 valence electrons. The van der Waals surface area contributed by atoms with Gasteiger partial charge in [-0.15, -0.1) is 0 Å². The second-order valence-electron chi connectivity index (χ2n) is 5.95. The van der Waals surface area contributed by atoms with Gasteiger partial charge < -0.3 is 9.64 Å². The van der Waals surface area contributed by atoms with Crippen LogP contribution in [0.2, 0.25) is 0 Å². The van der Waals surface area contributed by atoms with Crippen molar-refractivity contribution in [2.75, 3.05) is 33.4 Å². The van der Waals surface area contributed by atoms with Crippen molar-refractivity contribution in [1.29, 1.82) is 0 Å². The summed E-state index contributed by atoms with van der Waals surface area (Å²) in [5, 5.41) is 0. The molecular formula is C16H24N2O4S. The van der Waals surface area contributed by atoms with E-state index in [0.29, 0.717) is 19.6 Å². The van der Waals surface area contributed by atoms with Crippen molar-refractivity contribution in [3.8, 4) is 0 Å². The predicted octanol–water partition coefficient (Wildman–Crippen LogP) is 1.16. The Hall–Kier alpha value is -1.44. The van der Waals surface area contributed by atoms with Crippen LogP contribution >= 0.6 is 0 Å². The number of piperidine rings is 1. The minimum Gasteiger partial charge on any atom is -0.375 e. The van der Waals surface area contributed by atoms with Crippen molar-refractivity contribution in [1.82, 2.24) is 9.62 Å². The molecule has 1 unspecified atom stereocenters. The summed E-state index contributed by atoms with van der Waals surface area (Å²) in [5.41, 5.74) is 1.02. The minimum atomic E-state index is -3.50. The van der Waals surface area contributed by atoms with E-state index >= 15 is 0 Å². The lowest BCUT2D eigenvalue weighted by molar-refractivity contribution is -0.136. The number of rotatable bonds is 6. The molecule has 0 spiro atoms. The Bertz CT molecular complexity index is 628. The topological polar surface area (TPSA) is 75.7 Å². The highest BCUT2D eigenvalue weighted by Crippen LogP contribution is 2.17. The monoisotopic (exact) mass is 340 g/mol. The first-order valence-electron chi connectivity index (χ1n) is 7.75. The molecule has 1 saturated heterocycles. The predicted molar refractivity (Wildman–Crippen MR) is 87.5 cm³/mol. The quantitative estimate of drug-likeness (QED) is 0.843. The SMILES string of the molecule is COCC(=O)N1CCCC(CNS(=O)(=O)c2ccc(C)cc2)C1. The van der Waals surface area contributed by atoms with Gasteiger partial charge in [-0.05, 0) is 37.8 Å². The number of carbonyl (C=O) groups is 1. The molecule has 1 fully saturated rings. The lowest BCUT2D eigenvalue weighted by Crippen LogP contribution is -2.44. The summed E-state index contributed by atoms with van der Waals surface area (Å²) < 4.78 is 32.1. The highest BCUT2D eigenvalue weighted by Gasteiger charge is 2.25. The van der Waals surface area contributed by atoms with E-state index in [1.54, 1.807) is 29.2 Å². The lowest BCUT2D eigenvalue weighted by atomic mass is 9.98. The molecule has 0 radical (unpaired) electrons. The first-order chi connectivity index (χ1) is 10.9. The fraction of sp³-hybridized carbons (Fsp3) is 0.562. The summed E-state index contributed by atoms with van der Waals surface area (Å²) >= 11 is 0. The van der Waals surface area contributed by atoms with Gasteiger partial charge in [0.2, 0.25) is 15.9 Å². The van der Waals surface area contributed by atoms with Gasteiger partial charge in [0.15, 0.2) is 0 Å². The van der Waals surface area contributed by atoms with Crippen LogP contribution < -0.4 is 4.72 Å². The van der Waals surface area contributed by atoms with Gasteiger partial charge in [-0.25, -0.2) is 13.1 Å². The molecule has 1 N–H and O–H groups in total. The second-order valence-corrected chi connectivity index (χ2v) is 7.71. The Morgan fingerprint density at radius 2 is 2.04 bits per heavy atom. The third-order valence-electron chi connectivity index (χ3n) is 4.03.